The van der Waals surface area contributed by atoms with Crippen LogP contribution in [0.15, 0.2) is 52.6 Å². The van der Waals surface area contributed by atoms with Gasteiger partial charge in [0.1, 0.15) is 12.1 Å². The van der Waals surface area contributed by atoms with E-state index in [0.29, 0.717) is 39.0 Å². The van der Waals surface area contributed by atoms with Gasteiger partial charge in [0.25, 0.3) is 5.56 Å². The Hall–Kier alpha value is -3.92. The van der Waals surface area contributed by atoms with Gasteiger partial charge in [0.15, 0.2) is 5.82 Å². The molecular formula is C23H23N7O3. The van der Waals surface area contributed by atoms with Gasteiger partial charge in [-0.05, 0) is 31.9 Å². The Kier molecular flexibility index (Phi) is 5.21. The Morgan fingerprint density at radius 3 is 2.55 bits per heavy atom. The van der Waals surface area contributed by atoms with E-state index in [1.165, 1.54) is 6.20 Å². The third-order valence-corrected chi connectivity index (χ3v) is 6.12. The van der Waals surface area contributed by atoms with E-state index in [9.17, 15) is 14.7 Å². The maximum absolute atomic E-state index is 13.0. The second-order valence-electron chi connectivity index (χ2n) is 8.21. The van der Waals surface area contributed by atoms with Crippen LogP contribution in [-0.4, -0.2) is 52.6 Å². The number of aromatic amines is 1. The molecule has 4 aromatic heterocycles. The van der Waals surface area contributed by atoms with E-state index in [4.69, 9.17) is 4.98 Å². The van der Waals surface area contributed by atoms with E-state index >= 15 is 0 Å². The molecular weight excluding hydrogens is 422 g/mol. The third-order valence-electron chi connectivity index (χ3n) is 6.12. The first-order valence-electron chi connectivity index (χ1n) is 10.7. The quantitative estimate of drug-likeness (QED) is 0.455. The molecule has 0 aliphatic carbocycles. The number of aliphatic hydroxyl groups excluding tert-OH is 1. The molecule has 0 amide bonds. The Bertz CT molecular complexity index is 1480. The van der Waals surface area contributed by atoms with E-state index in [2.05, 4.69) is 31.4 Å². The lowest BCUT2D eigenvalue weighted by Crippen LogP contribution is -2.39. The lowest BCUT2D eigenvalue weighted by atomic mass is 10.0. The van der Waals surface area contributed by atoms with Crippen molar-refractivity contribution < 1.29 is 5.11 Å². The number of H-pyrrole nitrogens is 1. The summed E-state index contributed by atoms with van der Waals surface area (Å²) < 4.78 is 1.67. The summed E-state index contributed by atoms with van der Waals surface area (Å²) in [5, 5.41) is 9.51. The molecule has 1 fully saturated rings. The van der Waals surface area contributed by atoms with Crippen molar-refractivity contribution in [3.8, 4) is 11.3 Å². The molecule has 0 atom stereocenters. The molecule has 0 radical (unpaired) electrons. The highest BCUT2D eigenvalue weighted by Gasteiger charge is 2.25. The van der Waals surface area contributed by atoms with Crippen molar-refractivity contribution in [2.45, 2.75) is 32.4 Å². The Morgan fingerprint density at radius 1 is 1.15 bits per heavy atom. The number of fused-ring (bicyclic) bond motifs is 3. The number of nitrogens with one attached hydrogen (secondary N) is 1. The van der Waals surface area contributed by atoms with Crippen LogP contribution < -0.4 is 11.2 Å². The largest absolute Gasteiger partial charge is 0.388 e. The smallest absolute Gasteiger partial charge is 0.329 e. The predicted octanol–water partition coefficient (Wildman–Crippen LogP) is 1.75. The number of likely N-dealkylation sites (tertiary alicyclic amines) is 1. The van der Waals surface area contributed by atoms with Gasteiger partial charge in [-0.3, -0.25) is 19.3 Å². The number of nitrogens with zero attached hydrogens (tertiary/aromatic N) is 6. The van der Waals surface area contributed by atoms with Crippen LogP contribution in [0.4, 0.5) is 0 Å². The zero-order chi connectivity index (χ0) is 23.1. The maximum atomic E-state index is 13.0. The van der Waals surface area contributed by atoms with Crippen LogP contribution in [0, 0.1) is 0 Å². The van der Waals surface area contributed by atoms with Crippen molar-refractivity contribution in [2.75, 3.05) is 13.1 Å². The fourth-order valence-corrected chi connectivity index (χ4v) is 4.37. The summed E-state index contributed by atoms with van der Waals surface area (Å²) in [7, 11) is 0. The van der Waals surface area contributed by atoms with Crippen molar-refractivity contribution in [3.05, 3.63) is 69.7 Å². The summed E-state index contributed by atoms with van der Waals surface area (Å²) in [5.41, 5.74) is 2.84. The Balaban J connectivity index is 1.71. The van der Waals surface area contributed by atoms with Gasteiger partial charge in [-0.25, -0.2) is 19.7 Å². The van der Waals surface area contributed by atoms with Gasteiger partial charge in [-0.15, -0.1) is 0 Å². The molecule has 0 aromatic carbocycles. The second kappa shape index (κ2) is 8.21. The molecule has 10 nitrogen and oxygen atoms in total. The van der Waals surface area contributed by atoms with E-state index in [-0.39, 0.29) is 12.6 Å². The van der Waals surface area contributed by atoms with Crippen LogP contribution >= 0.6 is 0 Å². The van der Waals surface area contributed by atoms with Crippen LogP contribution in [0.2, 0.25) is 0 Å². The Labute approximate surface area is 188 Å². The topological polar surface area (TPSA) is 130 Å². The number of allylic oxidation sites excluding steroid dienone is 1. The first-order chi connectivity index (χ1) is 16.0. The van der Waals surface area contributed by atoms with Crippen LogP contribution in [0.3, 0.4) is 0 Å². The minimum atomic E-state index is -0.483. The molecule has 5 heterocycles. The minimum absolute atomic E-state index is 0.0873. The van der Waals surface area contributed by atoms with Gasteiger partial charge in [-0.1, -0.05) is 6.58 Å². The van der Waals surface area contributed by atoms with E-state index in [1.807, 2.05) is 6.92 Å². The van der Waals surface area contributed by atoms with E-state index < -0.39 is 11.2 Å². The minimum Gasteiger partial charge on any atom is -0.388 e. The zero-order valence-corrected chi connectivity index (χ0v) is 18.2. The molecule has 33 heavy (non-hydrogen) atoms. The number of aromatic nitrogens is 6. The summed E-state index contributed by atoms with van der Waals surface area (Å²) in [6.45, 7) is 7.30. The molecule has 0 spiro atoms. The van der Waals surface area contributed by atoms with Gasteiger partial charge in [0, 0.05) is 49.0 Å². The van der Waals surface area contributed by atoms with Gasteiger partial charge < -0.3 is 10.0 Å². The molecule has 1 aliphatic rings. The summed E-state index contributed by atoms with van der Waals surface area (Å²) in [6.07, 6.45) is 6.15. The molecule has 1 aliphatic heterocycles. The number of hydrogen-bond acceptors (Lipinski definition) is 8. The average molecular weight is 445 g/mol. The summed E-state index contributed by atoms with van der Waals surface area (Å²) >= 11 is 0. The number of piperidine rings is 1. The number of aliphatic hydroxyl groups is 1. The summed E-state index contributed by atoms with van der Waals surface area (Å²) in [4.78, 5) is 47.7. The highest BCUT2D eigenvalue weighted by Crippen LogP contribution is 2.29. The SMILES string of the molecule is C=C(C)N1CCC(n2c(=O)[nH]c(=O)c3cnc4ccc(-c5cnc(CO)nc5)nc4c32)CC1. The molecule has 5 rings (SSSR count). The molecule has 1 saturated heterocycles. The lowest BCUT2D eigenvalue weighted by Gasteiger charge is -2.34. The normalized spacial score (nSPS) is 14.8. The Morgan fingerprint density at radius 2 is 1.88 bits per heavy atom. The van der Waals surface area contributed by atoms with Gasteiger partial charge in [0.2, 0.25) is 0 Å². The summed E-state index contributed by atoms with van der Waals surface area (Å²) in [5.74, 6) is 0.313. The highest BCUT2D eigenvalue weighted by atomic mass is 16.3. The van der Waals surface area contributed by atoms with E-state index in [0.717, 1.165) is 31.6 Å². The van der Waals surface area contributed by atoms with Crippen molar-refractivity contribution in [2.24, 2.45) is 0 Å². The molecule has 0 bridgehead atoms. The van der Waals surface area contributed by atoms with Crippen LogP contribution in [0.5, 0.6) is 0 Å². The fraction of sp³-hybridized carbons (Fsp3) is 0.304. The lowest BCUT2D eigenvalue weighted by molar-refractivity contribution is 0.228. The van der Waals surface area contributed by atoms with Gasteiger partial charge in [-0.2, -0.15) is 0 Å². The predicted molar refractivity (Wildman–Crippen MR) is 124 cm³/mol. The van der Waals surface area contributed by atoms with Crippen molar-refractivity contribution in [1.29, 1.82) is 0 Å². The number of hydrogen-bond donors (Lipinski definition) is 2. The van der Waals surface area contributed by atoms with Gasteiger partial charge >= 0.3 is 5.69 Å². The van der Waals surface area contributed by atoms with Crippen molar-refractivity contribution >= 4 is 21.9 Å². The van der Waals surface area contributed by atoms with Crippen LogP contribution in [0.25, 0.3) is 33.2 Å². The highest BCUT2D eigenvalue weighted by molar-refractivity contribution is 6.01. The zero-order valence-electron chi connectivity index (χ0n) is 18.2. The standard InChI is InChI=1S/C23H23N7O3/c1-13(2)29-7-5-15(6-8-29)30-21-16(22(32)28-23(30)33)11-24-18-4-3-17(27-20(18)21)14-9-25-19(12-31)26-10-14/h3-4,9-11,15,31H,1,5-8,12H2,2H3,(H,28,32,33). The fourth-order valence-electron chi connectivity index (χ4n) is 4.37. The van der Waals surface area contributed by atoms with Crippen LogP contribution in [-0.2, 0) is 6.61 Å². The molecule has 10 heteroatoms. The van der Waals surface area contributed by atoms with Crippen LogP contribution in [0.1, 0.15) is 31.6 Å². The van der Waals surface area contributed by atoms with Crippen molar-refractivity contribution in [3.63, 3.8) is 0 Å². The molecule has 2 N–H and O–H groups in total. The first kappa shape index (κ1) is 21.0. The molecule has 4 aromatic rings. The average Bonchev–Trinajstić information content (AvgIpc) is 2.84. The molecule has 0 unspecified atom stereocenters. The van der Waals surface area contributed by atoms with E-state index in [1.54, 1.807) is 29.1 Å². The van der Waals surface area contributed by atoms with Crippen molar-refractivity contribution in [1.82, 2.24) is 34.4 Å². The maximum Gasteiger partial charge on any atom is 0.329 e. The number of rotatable bonds is 4. The second-order valence-corrected chi connectivity index (χ2v) is 8.21. The summed E-state index contributed by atoms with van der Waals surface area (Å²) in [6, 6.07) is 3.51. The van der Waals surface area contributed by atoms with Gasteiger partial charge in [0.05, 0.1) is 22.1 Å². The third kappa shape index (κ3) is 3.68. The molecule has 168 valence electrons. The number of pyridine rings is 2. The molecule has 0 saturated carbocycles. The monoisotopic (exact) mass is 445 g/mol. The first-order valence-corrected chi connectivity index (χ1v) is 10.7.